The highest BCUT2D eigenvalue weighted by molar-refractivity contribution is 5.93. The number of hydrogen-bond donors (Lipinski definition) is 0. The van der Waals surface area contributed by atoms with Crippen LogP contribution in [0.25, 0.3) is 0 Å². The molecule has 0 saturated carbocycles. The van der Waals surface area contributed by atoms with Crippen molar-refractivity contribution in [2.45, 2.75) is 25.7 Å². The third kappa shape index (κ3) is 1.15. The Morgan fingerprint density at radius 2 is 2.27 bits per heavy atom. The van der Waals surface area contributed by atoms with Crippen molar-refractivity contribution in [1.29, 1.82) is 0 Å². The minimum absolute atomic E-state index is 0.134. The molecule has 0 aromatic carbocycles. The monoisotopic (exact) mass is 148 g/mol. The van der Waals surface area contributed by atoms with Gasteiger partial charge in [0.2, 0.25) is 0 Å². The van der Waals surface area contributed by atoms with E-state index in [1.807, 2.05) is 0 Å². The van der Waals surface area contributed by atoms with Gasteiger partial charge in [-0.15, -0.1) is 0 Å². The highest BCUT2D eigenvalue weighted by Crippen LogP contribution is 2.39. The molecule has 0 N–H and O–H groups in total. The second-order valence-corrected chi connectivity index (χ2v) is 3.50. The van der Waals surface area contributed by atoms with Crippen LogP contribution in [-0.2, 0) is 4.79 Å². The van der Waals surface area contributed by atoms with Gasteiger partial charge in [0.1, 0.15) is 0 Å². The van der Waals surface area contributed by atoms with E-state index in [9.17, 15) is 4.79 Å². The first kappa shape index (κ1) is 6.84. The fourth-order valence-electron chi connectivity index (χ4n) is 1.94. The van der Waals surface area contributed by atoms with Crippen molar-refractivity contribution >= 4 is 5.78 Å². The number of carbonyl (C=O) groups is 1. The van der Waals surface area contributed by atoms with Crippen LogP contribution in [0, 0.1) is 5.41 Å². The third-order valence-corrected chi connectivity index (χ3v) is 2.57. The first-order valence-electron chi connectivity index (χ1n) is 4.21. The van der Waals surface area contributed by atoms with E-state index in [0.29, 0.717) is 6.42 Å². The van der Waals surface area contributed by atoms with Crippen LogP contribution in [0.4, 0.5) is 0 Å². The van der Waals surface area contributed by atoms with Crippen LogP contribution in [-0.4, -0.2) is 5.78 Å². The maximum atomic E-state index is 11.0. The van der Waals surface area contributed by atoms with E-state index in [0.717, 1.165) is 6.42 Å². The van der Waals surface area contributed by atoms with Gasteiger partial charge in [0, 0.05) is 11.8 Å². The molecule has 0 aromatic rings. The maximum absolute atomic E-state index is 11.0. The molecule has 1 heteroatoms. The Morgan fingerprint density at radius 1 is 1.36 bits per heavy atom. The molecule has 1 atom stereocenters. The molecule has 0 amide bonds. The van der Waals surface area contributed by atoms with Gasteiger partial charge in [0.15, 0.2) is 5.78 Å². The summed E-state index contributed by atoms with van der Waals surface area (Å²) >= 11 is 0. The van der Waals surface area contributed by atoms with Gasteiger partial charge < -0.3 is 0 Å². The van der Waals surface area contributed by atoms with Crippen molar-refractivity contribution in [1.82, 2.24) is 0 Å². The second-order valence-electron chi connectivity index (χ2n) is 3.50. The van der Waals surface area contributed by atoms with Gasteiger partial charge in [-0.3, -0.25) is 4.79 Å². The zero-order valence-corrected chi connectivity index (χ0v) is 6.55. The van der Waals surface area contributed by atoms with E-state index in [2.05, 4.69) is 18.2 Å². The summed E-state index contributed by atoms with van der Waals surface area (Å²) in [6.45, 7) is 0. The van der Waals surface area contributed by atoms with E-state index in [1.165, 1.54) is 12.8 Å². The molecule has 0 aliphatic heterocycles. The summed E-state index contributed by atoms with van der Waals surface area (Å²) in [7, 11) is 0. The smallest absolute Gasteiger partial charge is 0.156 e. The Bertz CT molecular complexity index is 237. The van der Waals surface area contributed by atoms with Gasteiger partial charge >= 0.3 is 0 Å². The first-order valence-corrected chi connectivity index (χ1v) is 4.21. The van der Waals surface area contributed by atoms with Crippen molar-refractivity contribution in [3.63, 3.8) is 0 Å². The normalized spacial score (nSPS) is 35.5. The van der Waals surface area contributed by atoms with Gasteiger partial charge in [-0.1, -0.05) is 18.2 Å². The molecule has 1 nitrogen and oxygen atoms in total. The largest absolute Gasteiger partial charge is 0.295 e. The molecule has 2 rings (SSSR count). The van der Waals surface area contributed by atoms with Crippen LogP contribution in [0.15, 0.2) is 24.3 Å². The van der Waals surface area contributed by atoms with E-state index in [4.69, 9.17) is 0 Å². The van der Waals surface area contributed by atoms with Crippen LogP contribution < -0.4 is 0 Å². The number of hydrogen-bond acceptors (Lipinski definition) is 1. The molecule has 2 aliphatic carbocycles. The molecule has 0 aromatic heterocycles. The first-order chi connectivity index (χ1) is 5.31. The fraction of sp³-hybridized carbons (Fsp3) is 0.500. The van der Waals surface area contributed by atoms with Crippen LogP contribution in [0.1, 0.15) is 25.7 Å². The molecular formula is C10H12O. The summed E-state index contributed by atoms with van der Waals surface area (Å²) in [6.07, 6.45) is 12.5. The van der Waals surface area contributed by atoms with E-state index in [1.54, 1.807) is 6.08 Å². The van der Waals surface area contributed by atoms with Gasteiger partial charge in [-0.25, -0.2) is 0 Å². The summed E-state index contributed by atoms with van der Waals surface area (Å²) in [4.78, 5) is 11.0. The van der Waals surface area contributed by atoms with Gasteiger partial charge in [0.05, 0.1) is 0 Å². The van der Waals surface area contributed by atoms with E-state index < -0.39 is 0 Å². The van der Waals surface area contributed by atoms with Crippen molar-refractivity contribution in [2.75, 3.05) is 0 Å². The number of rotatable bonds is 0. The second kappa shape index (κ2) is 2.33. The number of ketones is 1. The zero-order chi connectivity index (χ0) is 7.73. The van der Waals surface area contributed by atoms with Crippen molar-refractivity contribution in [3.05, 3.63) is 24.3 Å². The SMILES string of the molecule is O=C1C=CC2(C=CCCC2)C1. The molecule has 0 radical (unpaired) electrons. The predicted octanol–water partition coefficient (Wildman–Crippen LogP) is 2.24. The molecule has 0 bridgehead atoms. The van der Waals surface area contributed by atoms with Crippen LogP contribution in [0.2, 0.25) is 0 Å². The summed E-state index contributed by atoms with van der Waals surface area (Å²) in [6, 6.07) is 0. The van der Waals surface area contributed by atoms with Crippen LogP contribution in [0.5, 0.6) is 0 Å². The quantitative estimate of drug-likeness (QED) is 0.481. The lowest BCUT2D eigenvalue weighted by Crippen LogP contribution is -2.15. The standard InChI is InChI=1S/C10H12O/c11-9-4-7-10(8-9)5-2-1-3-6-10/h2,4-5,7H,1,3,6,8H2. The Kier molecular flexibility index (Phi) is 1.45. The molecule has 11 heavy (non-hydrogen) atoms. The molecule has 0 saturated heterocycles. The Labute approximate surface area is 66.8 Å². The molecule has 0 heterocycles. The summed E-state index contributed by atoms with van der Waals surface area (Å²) in [5, 5.41) is 0. The highest BCUT2D eigenvalue weighted by atomic mass is 16.1. The van der Waals surface area contributed by atoms with Gasteiger partial charge in [-0.2, -0.15) is 0 Å². The maximum Gasteiger partial charge on any atom is 0.156 e. The van der Waals surface area contributed by atoms with E-state index >= 15 is 0 Å². The van der Waals surface area contributed by atoms with Crippen molar-refractivity contribution in [3.8, 4) is 0 Å². The highest BCUT2D eigenvalue weighted by Gasteiger charge is 2.31. The molecule has 1 spiro atoms. The molecule has 1 unspecified atom stereocenters. The zero-order valence-electron chi connectivity index (χ0n) is 6.55. The Morgan fingerprint density at radius 3 is 2.82 bits per heavy atom. The Hall–Kier alpha value is -0.850. The van der Waals surface area contributed by atoms with Gasteiger partial charge in [-0.05, 0) is 25.3 Å². The summed E-state index contributed by atoms with van der Waals surface area (Å²) in [5.74, 6) is 0.288. The predicted molar refractivity (Wildman–Crippen MR) is 44.2 cm³/mol. The third-order valence-electron chi connectivity index (χ3n) is 2.57. The fourth-order valence-corrected chi connectivity index (χ4v) is 1.94. The Balaban J connectivity index is 2.23. The number of allylic oxidation sites excluding steroid dienone is 4. The minimum atomic E-state index is 0.134. The van der Waals surface area contributed by atoms with Crippen molar-refractivity contribution < 1.29 is 4.79 Å². The average Bonchev–Trinajstić information content (AvgIpc) is 2.34. The molecular weight excluding hydrogens is 136 g/mol. The van der Waals surface area contributed by atoms with Crippen LogP contribution in [0.3, 0.4) is 0 Å². The van der Waals surface area contributed by atoms with E-state index in [-0.39, 0.29) is 11.2 Å². The van der Waals surface area contributed by atoms with Crippen molar-refractivity contribution in [2.24, 2.45) is 5.41 Å². The average molecular weight is 148 g/mol. The lowest BCUT2D eigenvalue weighted by Gasteiger charge is -2.25. The molecule has 58 valence electrons. The number of carbonyl (C=O) groups excluding carboxylic acids is 1. The minimum Gasteiger partial charge on any atom is -0.295 e. The van der Waals surface area contributed by atoms with Crippen LogP contribution >= 0.6 is 0 Å². The molecule has 2 aliphatic rings. The lowest BCUT2D eigenvalue weighted by atomic mass is 9.79. The summed E-state index contributed by atoms with van der Waals surface area (Å²) in [5.41, 5.74) is 0.134. The van der Waals surface area contributed by atoms with Gasteiger partial charge in [0.25, 0.3) is 0 Å². The summed E-state index contributed by atoms with van der Waals surface area (Å²) < 4.78 is 0. The topological polar surface area (TPSA) is 17.1 Å². The lowest BCUT2D eigenvalue weighted by molar-refractivity contribution is -0.115. The molecule has 0 fully saturated rings.